The van der Waals surface area contributed by atoms with Crippen LogP contribution in [-0.4, -0.2) is 22.7 Å². The number of nitrogens with zero attached hydrogens (tertiary/aromatic N) is 1. The maximum absolute atomic E-state index is 11.5. The number of rotatable bonds is 4. The Morgan fingerprint density at radius 2 is 2.26 bits per heavy atom. The fraction of sp³-hybridized carbons (Fsp3) is 0.467. The Morgan fingerprint density at radius 1 is 1.53 bits per heavy atom. The van der Waals surface area contributed by atoms with Gasteiger partial charge in [0.2, 0.25) is 0 Å². The van der Waals surface area contributed by atoms with Gasteiger partial charge < -0.3 is 10.1 Å². The lowest BCUT2D eigenvalue weighted by atomic mass is 10.2. The lowest BCUT2D eigenvalue weighted by molar-refractivity contribution is 0.0509. The van der Waals surface area contributed by atoms with Gasteiger partial charge >= 0.3 is 6.09 Å². The standard InChI is InChI=1S/C15H22N2O2/c1-12(17-14(18)19-15(2,3)4)7-5-8-13-9-6-10-16-11-13/h5-6,8-12H,7H2,1-4H3,(H,17,18). The van der Waals surface area contributed by atoms with Crippen molar-refractivity contribution in [3.8, 4) is 0 Å². The quantitative estimate of drug-likeness (QED) is 0.904. The number of pyridine rings is 1. The summed E-state index contributed by atoms with van der Waals surface area (Å²) in [5.41, 5.74) is 0.585. The van der Waals surface area contributed by atoms with Crippen LogP contribution in [0.3, 0.4) is 0 Å². The molecule has 0 radical (unpaired) electrons. The molecule has 0 aromatic carbocycles. The molecule has 1 aromatic heterocycles. The molecule has 19 heavy (non-hydrogen) atoms. The topological polar surface area (TPSA) is 51.2 Å². The van der Waals surface area contributed by atoms with Crippen LogP contribution in [-0.2, 0) is 4.74 Å². The number of alkyl carbamates (subject to hydrolysis) is 1. The van der Waals surface area contributed by atoms with E-state index in [0.717, 1.165) is 12.0 Å². The Morgan fingerprint density at radius 3 is 2.84 bits per heavy atom. The highest BCUT2D eigenvalue weighted by atomic mass is 16.6. The molecule has 0 bridgehead atoms. The van der Waals surface area contributed by atoms with E-state index < -0.39 is 5.60 Å². The summed E-state index contributed by atoms with van der Waals surface area (Å²) >= 11 is 0. The summed E-state index contributed by atoms with van der Waals surface area (Å²) in [5.74, 6) is 0. The molecule has 0 aliphatic carbocycles. The molecule has 0 spiro atoms. The van der Waals surface area contributed by atoms with Gasteiger partial charge in [-0.3, -0.25) is 4.98 Å². The second-order valence-electron chi connectivity index (χ2n) is 5.47. The van der Waals surface area contributed by atoms with Crippen LogP contribution in [0.1, 0.15) is 39.7 Å². The number of nitrogens with one attached hydrogen (secondary N) is 1. The van der Waals surface area contributed by atoms with Gasteiger partial charge in [0, 0.05) is 18.4 Å². The minimum atomic E-state index is -0.463. The minimum Gasteiger partial charge on any atom is -0.444 e. The summed E-state index contributed by atoms with van der Waals surface area (Å²) in [4.78, 5) is 15.6. The zero-order valence-electron chi connectivity index (χ0n) is 12.0. The number of hydrogen-bond acceptors (Lipinski definition) is 3. The summed E-state index contributed by atoms with van der Waals surface area (Å²) in [7, 11) is 0. The van der Waals surface area contributed by atoms with Gasteiger partial charge in [0.05, 0.1) is 0 Å². The number of aromatic nitrogens is 1. The van der Waals surface area contributed by atoms with Gasteiger partial charge in [-0.25, -0.2) is 4.79 Å². The van der Waals surface area contributed by atoms with Crippen LogP contribution < -0.4 is 5.32 Å². The lowest BCUT2D eigenvalue weighted by Gasteiger charge is -2.21. The third-order valence-corrected chi connectivity index (χ3v) is 2.25. The van der Waals surface area contributed by atoms with Crippen LogP contribution in [0.25, 0.3) is 6.08 Å². The van der Waals surface area contributed by atoms with Gasteiger partial charge in [0.25, 0.3) is 0 Å². The average Bonchev–Trinajstić information content (AvgIpc) is 2.27. The van der Waals surface area contributed by atoms with E-state index in [1.54, 1.807) is 12.4 Å². The molecule has 1 amide bonds. The molecule has 1 unspecified atom stereocenters. The third kappa shape index (κ3) is 7.24. The van der Waals surface area contributed by atoms with Crippen molar-refractivity contribution in [2.24, 2.45) is 0 Å². The molecule has 0 aliphatic heterocycles. The predicted octanol–water partition coefficient (Wildman–Crippen LogP) is 3.40. The first kappa shape index (κ1) is 15.2. The Balaban J connectivity index is 2.34. The SMILES string of the molecule is CC(CC=Cc1cccnc1)NC(=O)OC(C)(C)C. The zero-order valence-corrected chi connectivity index (χ0v) is 12.0. The first-order valence-electron chi connectivity index (χ1n) is 6.43. The van der Waals surface area contributed by atoms with Gasteiger partial charge in [0.1, 0.15) is 5.60 Å². The Hall–Kier alpha value is -1.84. The van der Waals surface area contributed by atoms with Gasteiger partial charge in [0.15, 0.2) is 0 Å². The van der Waals surface area contributed by atoms with E-state index in [2.05, 4.69) is 10.3 Å². The Labute approximate surface area is 114 Å². The first-order valence-corrected chi connectivity index (χ1v) is 6.43. The van der Waals surface area contributed by atoms with Crippen LogP contribution in [0.4, 0.5) is 4.79 Å². The lowest BCUT2D eigenvalue weighted by Crippen LogP contribution is -2.37. The second-order valence-corrected chi connectivity index (χ2v) is 5.47. The van der Waals surface area contributed by atoms with E-state index >= 15 is 0 Å². The second kappa shape index (κ2) is 6.92. The van der Waals surface area contributed by atoms with Crippen molar-refractivity contribution >= 4 is 12.2 Å². The average molecular weight is 262 g/mol. The molecular formula is C15H22N2O2. The largest absolute Gasteiger partial charge is 0.444 e. The van der Waals surface area contributed by atoms with E-state index in [4.69, 9.17) is 4.74 Å². The third-order valence-electron chi connectivity index (χ3n) is 2.25. The molecule has 1 aromatic rings. The maximum Gasteiger partial charge on any atom is 0.407 e. The van der Waals surface area contributed by atoms with Gasteiger partial charge in [-0.1, -0.05) is 18.2 Å². The van der Waals surface area contributed by atoms with Crippen molar-refractivity contribution in [2.75, 3.05) is 0 Å². The first-order chi connectivity index (χ1) is 8.87. The Kier molecular flexibility index (Phi) is 5.55. The maximum atomic E-state index is 11.5. The number of hydrogen-bond donors (Lipinski definition) is 1. The smallest absolute Gasteiger partial charge is 0.407 e. The van der Waals surface area contributed by atoms with E-state index in [1.165, 1.54) is 0 Å². The fourth-order valence-electron chi connectivity index (χ4n) is 1.45. The van der Waals surface area contributed by atoms with Gasteiger partial charge in [-0.05, 0) is 45.7 Å². The summed E-state index contributed by atoms with van der Waals surface area (Å²) in [6.45, 7) is 7.48. The van der Waals surface area contributed by atoms with Crippen LogP contribution in [0.5, 0.6) is 0 Å². The van der Waals surface area contributed by atoms with E-state index in [9.17, 15) is 4.79 Å². The fourth-order valence-corrected chi connectivity index (χ4v) is 1.45. The van der Waals surface area contributed by atoms with Crippen LogP contribution in [0, 0.1) is 0 Å². The molecular weight excluding hydrogens is 240 g/mol. The Bertz CT molecular complexity index is 422. The van der Waals surface area contributed by atoms with Crippen molar-refractivity contribution < 1.29 is 9.53 Å². The van der Waals surface area contributed by atoms with Crippen LogP contribution in [0.2, 0.25) is 0 Å². The normalized spacial score (nSPS) is 13.3. The summed E-state index contributed by atoms with van der Waals surface area (Å²) < 4.78 is 5.19. The molecule has 0 fully saturated rings. The molecule has 104 valence electrons. The number of ether oxygens (including phenoxy) is 1. The summed E-state index contributed by atoms with van der Waals surface area (Å²) in [6.07, 6.45) is 7.90. The zero-order chi connectivity index (χ0) is 14.3. The predicted molar refractivity (Wildman–Crippen MR) is 76.7 cm³/mol. The summed E-state index contributed by atoms with van der Waals surface area (Å²) in [5, 5.41) is 2.79. The number of carbonyl (C=O) groups is 1. The highest BCUT2D eigenvalue weighted by Crippen LogP contribution is 2.07. The van der Waals surface area contributed by atoms with Crippen molar-refractivity contribution in [3.63, 3.8) is 0 Å². The molecule has 4 nitrogen and oxygen atoms in total. The molecule has 1 atom stereocenters. The minimum absolute atomic E-state index is 0.0303. The van der Waals surface area contributed by atoms with E-state index in [0.29, 0.717) is 0 Å². The molecule has 4 heteroatoms. The molecule has 0 saturated heterocycles. The summed E-state index contributed by atoms with van der Waals surface area (Å²) in [6, 6.07) is 3.90. The van der Waals surface area contributed by atoms with E-state index in [-0.39, 0.29) is 12.1 Å². The van der Waals surface area contributed by atoms with Crippen molar-refractivity contribution in [2.45, 2.75) is 45.8 Å². The molecule has 0 aliphatic rings. The van der Waals surface area contributed by atoms with Crippen LogP contribution >= 0.6 is 0 Å². The van der Waals surface area contributed by atoms with Crippen molar-refractivity contribution in [1.82, 2.24) is 10.3 Å². The molecule has 0 saturated carbocycles. The van der Waals surface area contributed by atoms with Crippen LogP contribution in [0.15, 0.2) is 30.6 Å². The number of carbonyl (C=O) groups excluding carboxylic acids is 1. The van der Waals surface area contributed by atoms with Gasteiger partial charge in [-0.15, -0.1) is 0 Å². The molecule has 1 N–H and O–H groups in total. The number of amides is 1. The highest BCUT2D eigenvalue weighted by Gasteiger charge is 2.16. The van der Waals surface area contributed by atoms with Crippen molar-refractivity contribution in [3.05, 3.63) is 36.2 Å². The molecule has 1 rings (SSSR count). The monoisotopic (exact) mass is 262 g/mol. The van der Waals surface area contributed by atoms with Crippen molar-refractivity contribution in [1.29, 1.82) is 0 Å². The van der Waals surface area contributed by atoms with Gasteiger partial charge in [-0.2, -0.15) is 0 Å². The van der Waals surface area contributed by atoms with E-state index in [1.807, 2.05) is 52.0 Å². The highest BCUT2D eigenvalue weighted by molar-refractivity contribution is 5.68. The molecule has 1 heterocycles.